The van der Waals surface area contributed by atoms with Crippen molar-refractivity contribution in [1.82, 2.24) is 10.6 Å². The van der Waals surface area contributed by atoms with Crippen LogP contribution in [0, 0.1) is 12.3 Å². The van der Waals surface area contributed by atoms with Gasteiger partial charge < -0.3 is 15.7 Å². The van der Waals surface area contributed by atoms with Crippen LogP contribution in [0.15, 0.2) is 0 Å². The highest BCUT2D eigenvalue weighted by Crippen LogP contribution is 2.00. The molecular formula is C11H18N2O3. The van der Waals surface area contributed by atoms with E-state index in [4.69, 9.17) is 11.5 Å². The van der Waals surface area contributed by atoms with Gasteiger partial charge >= 0.3 is 12.0 Å². The molecule has 5 heteroatoms. The number of hydrogen-bond donors (Lipinski definition) is 3. The number of amides is 2. The van der Waals surface area contributed by atoms with Gasteiger partial charge in [0.2, 0.25) is 0 Å². The number of unbranched alkanes of at least 4 members (excludes halogenated alkanes) is 1. The van der Waals surface area contributed by atoms with Gasteiger partial charge in [-0.3, -0.25) is 0 Å². The molecule has 2 amide bonds. The highest BCUT2D eigenvalue weighted by molar-refractivity contribution is 5.82. The van der Waals surface area contributed by atoms with Crippen molar-refractivity contribution in [3.63, 3.8) is 0 Å². The fourth-order valence-corrected chi connectivity index (χ4v) is 1.10. The number of carbonyl (C=O) groups is 2. The second-order valence-corrected chi connectivity index (χ2v) is 3.54. The molecule has 2 atom stereocenters. The van der Waals surface area contributed by atoms with Gasteiger partial charge in [0.25, 0.3) is 0 Å². The summed E-state index contributed by atoms with van der Waals surface area (Å²) in [6.45, 7) is 3.60. The zero-order chi connectivity index (χ0) is 12.6. The molecule has 0 aliphatic heterocycles. The molecule has 1 unspecified atom stereocenters. The molecule has 0 radical (unpaired) electrons. The minimum absolute atomic E-state index is 0.416. The molecule has 0 aromatic heterocycles. The molecule has 0 saturated heterocycles. The summed E-state index contributed by atoms with van der Waals surface area (Å²) in [7, 11) is 0. The number of hydrogen-bond acceptors (Lipinski definition) is 2. The summed E-state index contributed by atoms with van der Waals surface area (Å²) in [6.07, 6.45) is 7.14. The van der Waals surface area contributed by atoms with Crippen LogP contribution in [0.5, 0.6) is 0 Å². The number of urea groups is 1. The molecule has 0 heterocycles. The summed E-state index contributed by atoms with van der Waals surface area (Å²) in [5.74, 6) is 1.29. The van der Waals surface area contributed by atoms with E-state index in [0.717, 1.165) is 12.8 Å². The zero-order valence-corrected chi connectivity index (χ0v) is 9.62. The molecule has 16 heavy (non-hydrogen) atoms. The number of nitrogens with one attached hydrogen (secondary N) is 2. The number of rotatable bonds is 6. The van der Waals surface area contributed by atoms with Crippen LogP contribution in [0.2, 0.25) is 0 Å². The zero-order valence-electron chi connectivity index (χ0n) is 9.62. The molecule has 0 bridgehead atoms. The Balaban J connectivity index is 4.14. The molecule has 3 N–H and O–H groups in total. The molecule has 90 valence electrons. The first-order valence-electron chi connectivity index (χ1n) is 5.27. The van der Waals surface area contributed by atoms with Crippen molar-refractivity contribution in [2.45, 2.75) is 45.2 Å². The van der Waals surface area contributed by atoms with Gasteiger partial charge in [-0.05, 0) is 13.3 Å². The molecule has 0 aromatic rings. The summed E-state index contributed by atoms with van der Waals surface area (Å²) in [4.78, 5) is 22.1. The van der Waals surface area contributed by atoms with Crippen molar-refractivity contribution in [3.8, 4) is 12.3 Å². The lowest BCUT2D eigenvalue weighted by Gasteiger charge is -2.15. The van der Waals surface area contributed by atoms with Crippen LogP contribution in [0.25, 0.3) is 0 Å². The lowest BCUT2D eigenvalue weighted by Crippen LogP contribution is -2.48. The Morgan fingerprint density at radius 3 is 2.50 bits per heavy atom. The van der Waals surface area contributed by atoms with E-state index in [1.165, 1.54) is 0 Å². The van der Waals surface area contributed by atoms with Gasteiger partial charge in [-0.2, -0.15) is 0 Å². The van der Waals surface area contributed by atoms with Crippen molar-refractivity contribution in [1.29, 1.82) is 0 Å². The van der Waals surface area contributed by atoms with Crippen molar-refractivity contribution < 1.29 is 14.7 Å². The Kier molecular flexibility index (Phi) is 6.77. The minimum atomic E-state index is -1.03. The van der Waals surface area contributed by atoms with Crippen molar-refractivity contribution >= 4 is 12.0 Å². The average Bonchev–Trinajstić information content (AvgIpc) is 2.23. The first kappa shape index (κ1) is 14.3. The Hall–Kier alpha value is -1.70. The van der Waals surface area contributed by atoms with Gasteiger partial charge in [0.15, 0.2) is 0 Å². The average molecular weight is 226 g/mol. The van der Waals surface area contributed by atoms with Gasteiger partial charge in [0.1, 0.15) is 6.04 Å². The highest BCUT2D eigenvalue weighted by Gasteiger charge is 2.19. The molecule has 0 aliphatic rings. The molecular weight excluding hydrogens is 208 g/mol. The second kappa shape index (κ2) is 7.57. The molecule has 0 aliphatic carbocycles. The minimum Gasteiger partial charge on any atom is -0.480 e. The van der Waals surface area contributed by atoms with E-state index in [1.54, 1.807) is 6.92 Å². The number of terminal acetylenes is 1. The molecule has 0 saturated carbocycles. The van der Waals surface area contributed by atoms with E-state index in [1.807, 2.05) is 6.92 Å². The topological polar surface area (TPSA) is 78.4 Å². The van der Waals surface area contributed by atoms with Crippen molar-refractivity contribution in [2.75, 3.05) is 0 Å². The molecule has 0 aromatic carbocycles. The maximum absolute atomic E-state index is 11.3. The van der Waals surface area contributed by atoms with Crippen LogP contribution < -0.4 is 10.6 Å². The SMILES string of the molecule is C#CC(C)NC(=O)N[C@@H](CCCC)C(=O)O. The normalized spacial score (nSPS) is 13.3. The van der Waals surface area contributed by atoms with Crippen LogP contribution in [-0.2, 0) is 4.79 Å². The Bertz CT molecular complexity index is 283. The predicted molar refractivity (Wildman–Crippen MR) is 60.9 cm³/mol. The third-order valence-electron chi connectivity index (χ3n) is 2.05. The maximum Gasteiger partial charge on any atom is 0.326 e. The monoisotopic (exact) mass is 226 g/mol. The summed E-state index contributed by atoms with van der Waals surface area (Å²) in [5.41, 5.74) is 0. The molecule has 0 fully saturated rings. The summed E-state index contributed by atoms with van der Waals surface area (Å²) < 4.78 is 0. The van der Waals surface area contributed by atoms with Crippen LogP contribution in [-0.4, -0.2) is 29.2 Å². The molecule has 0 rings (SSSR count). The van der Waals surface area contributed by atoms with Crippen LogP contribution in [0.4, 0.5) is 4.79 Å². The van der Waals surface area contributed by atoms with Crippen molar-refractivity contribution in [2.24, 2.45) is 0 Å². The molecule has 5 nitrogen and oxygen atoms in total. The standard InChI is InChI=1S/C11H18N2O3/c1-4-6-7-9(10(14)15)13-11(16)12-8(3)5-2/h2,8-9H,4,6-7H2,1,3H3,(H,14,15)(H2,12,13,16)/t8?,9-/m0/s1. The summed E-state index contributed by atoms with van der Waals surface area (Å²) in [6, 6.07) is -1.82. The maximum atomic E-state index is 11.3. The molecule has 0 spiro atoms. The third kappa shape index (κ3) is 5.91. The van der Waals surface area contributed by atoms with Gasteiger partial charge in [-0.15, -0.1) is 6.42 Å². The van der Waals surface area contributed by atoms with Gasteiger partial charge in [0, 0.05) is 0 Å². The first-order valence-corrected chi connectivity index (χ1v) is 5.27. The number of carboxylic acids is 1. The quantitative estimate of drug-likeness (QED) is 0.590. The van der Waals surface area contributed by atoms with Crippen molar-refractivity contribution in [3.05, 3.63) is 0 Å². The summed E-state index contributed by atoms with van der Waals surface area (Å²) >= 11 is 0. The highest BCUT2D eigenvalue weighted by atomic mass is 16.4. The van der Waals surface area contributed by atoms with Crippen LogP contribution in [0.1, 0.15) is 33.1 Å². The van der Waals surface area contributed by atoms with E-state index in [2.05, 4.69) is 16.6 Å². The van der Waals surface area contributed by atoms with Crippen LogP contribution in [0.3, 0.4) is 0 Å². The van der Waals surface area contributed by atoms with Gasteiger partial charge in [0.05, 0.1) is 6.04 Å². The second-order valence-electron chi connectivity index (χ2n) is 3.54. The first-order chi connectivity index (χ1) is 7.51. The lowest BCUT2D eigenvalue weighted by molar-refractivity contribution is -0.139. The van der Waals surface area contributed by atoms with Gasteiger partial charge in [-0.25, -0.2) is 9.59 Å². The number of carbonyl (C=O) groups excluding carboxylic acids is 1. The van der Waals surface area contributed by atoms with E-state index in [-0.39, 0.29) is 0 Å². The predicted octanol–water partition coefficient (Wildman–Crippen LogP) is 0.951. The fourth-order valence-electron chi connectivity index (χ4n) is 1.10. The largest absolute Gasteiger partial charge is 0.480 e. The smallest absolute Gasteiger partial charge is 0.326 e. The van der Waals surface area contributed by atoms with E-state index in [9.17, 15) is 9.59 Å². The van der Waals surface area contributed by atoms with Gasteiger partial charge in [-0.1, -0.05) is 25.7 Å². The third-order valence-corrected chi connectivity index (χ3v) is 2.05. The fraction of sp³-hybridized carbons (Fsp3) is 0.636. The lowest BCUT2D eigenvalue weighted by atomic mass is 10.1. The Morgan fingerprint density at radius 2 is 2.06 bits per heavy atom. The number of aliphatic carboxylic acids is 1. The van der Waals surface area contributed by atoms with Crippen LogP contribution >= 0.6 is 0 Å². The summed E-state index contributed by atoms with van der Waals surface area (Å²) in [5, 5.41) is 13.7. The Morgan fingerprint density at radius 1 is 1.44 bits per heavy atom. The van der Waals surface area contributed by atoms with E-state index >= 15 is 0 Å². The van der Waals surface area contributed by atoms with E-state index < -0.39 is 24.1 Å². The Labute approximate surface area is 95.6 Å². The number of carboxylic acid groups (broad SMARTS) is 1. The van der Waals surface area contributed by atoms with E-state index in [0.29, 0.717) is 6.42 Å².